The highest BCUT2D eigenvalue weighted by Crippen LogP contribution is 2.06. The Kier molecular flexibility index (Phi) is 1.84. The molecule has 0 saturated heterocycles. The third-order valence-corrected chi connectivity index (χ3v) is 1.62. The number of hydrogen-bond acceptors (Lipinski definition) is 5. The Morgan fingerprint density at radius 3 is 2.15 bits per heavy atom. The predicted octanol–water partition coefficient (Wildman–Crippen LogP) is -0.316. The van der Waals surface area contributed by atoms with Crippen molar-refractivity contribution in [2.24, 2.45) is 20.7 Å². The maximum Gasteiger partial charge on any atom is 0.207 e. The van der Waals surface area contributed by atoms with Crippen LogP contribution in [0, 0.1) is 0 Å². The van der Waals surface area contributed by atoms with E-state index in [1.807, 2.05) is 0 Å². The standard InChI is InChI=1S/C8H6N4O/c13-5-6-1-3-7(4-2-6)8-9-11-12-10-8/h1-5,13H/p-1. The van der Waals surface area contributed by atoms with Crippen molar-refractivity contribution in [3.8, 4) is 0 Å². The van der Waals surface area contributed by atoms with Gasteiger partial charge in [0.25, 0.3) is 0 Å². The molecule has 5 heteroatoms. The van der Waals surface area contributed by atoms with Gasteiger partial charge in [0, 0.05) is 5.22 Å². The maximum absolute atomic E-state index is 10.3. The van der Waals surface area contributed by atoms with Crippen LogP contribution in [0.4, 0.5) is 0 Å². The van der Waals surface area contributed by atoms with E-state index in [-0.39, 0.29) is 0 Å². The molecule has 0 radical (unpaired) electrons. The predicted molar refractivity (Wildman–Crippen MR) is 43.3 cm³/mol. The molecule has 2 rings (SSSR count). The average molecular weight is 173 g/mol. The zero-order valence-corrected chi connectivity index (χ0v) is 6.58. The van der Waals surface area contributed by atoms with Crippen LogP contribution in [0.3, 0.4) is 0 Å². The summed E-state index contributed by atoms with van der Waals surface area (Å²) in [6.45, 7) is 0. The highest BCUT2D eigenvalue weighted by Gasteiger charge is 1.97. The van der Waals surface area contributed by atoms with Gasteiger partial charge in [-0.1, -0.05) is 24.3 Å². The highest BCUT2D eigenvalue weighted by molar-refractivity contribution is 5.40. The number of hydrogen-bond donors (Lipinski definition) is 0. The minimum atomic E-state index is 0.470. The first kappa shape index (κ1) is 7.60. The van der Waals surface area contributed by atoms with Crippen LogP contribution in [0.5, 0.6) is 0 Å². The molecule has 13 heavy (non-hydrogen) atoms. The van der Waals surface area contributed by atoms with E-state index in [1.165, 1.54) is 0 Å². The molecule has 0 amide bonds. The van der Waals surface area contributed by atoms with Gasteiger partial charge >= 0.3 is 0 Å². The third-order valence-electron chi connectivity index (χ3n) is 1.62. The Balaban J connectivity index is 2.61. The van der Waals surface area contributed by atoms with Gasteiger partial charge in [0.15, 0.2) is 0 Å². The fourth-order valence-electron chi connectivity index (χ4n) is 0.971. The minimum absolute atomic E-state index is 0.470. The van der Waals surface area contributed by atoms with Gasteiger partial charge in [-0.25, -0.2) is 0 Å². The molecule has 1 aromatic carbocycles. The van der Waals surface area contributed by atoms with Crippen LogP contribution in [0.1, 0.15) is 0 Å². The van der Waals surface area contributed by atoms with Crippen LogP contribution < -0.4 is 15.5 Å². The van der Waals surface area contributed by atoms with E-state index >= 15 is 0 Å². The van der Waals surface area contributed by atoms with E-state index < -0.39 is 0 Å². The van der Waals surface area contributed by atoms with E-state index in [0.717, 1.165) is 11.5 Å². The van der Waals surface area contributed by atoms with E-state index in [0.29, 0.717) is 11.0 Å². The molecule has 0 spiro atoms. The van der Waals surface area contributed by atoms with Crippen molar-refractivity contribution in [3.63, 3.8) is 0 Å². The molecule has 0 N–H and O–H groups in total. The lowest BCUT2D eigenvalue weighted by Crippen LogP contribution is -2.11. The lowest BCUT2D eigenvalue weighted by Gasteiger charge is -1.90. The lowest BCUT2D eigenvalue weighted by atomic mass is 10.2. The molecule has 0 atom stereocenters. The molecule has 0 fully saturated rings. The van der Waals surface area contributed by atoms with E-state index in [2.05, 4.69) is 20.7 Å². The molecular formula is C8H5N4O-. The second-order valence-electron chi connectivity index (χ2n) is 2.44. The summed E-state index contributed by atoms with van der Waals surface area (Å²) in [6, 6.07) is 6.89. The van der Waals surface area contributed by atoms with Crippen LogP contribution in [-0.2, 0) is 0 Å². The molecule has 1 heterocycles. The van der Waals surface area contributed by atoms with Crippen molar-refractivity contribution >= 4 is 12.1 Å². The molecule has 0 unspecified atom stereocenters. The van der Waals surface area contributed by atoms with E-state index in [1.54, 1.807) is 24.3 Å². The summed E-state index contributed by atoms with van der Waals surface area (Å²) in [6.07, 6.45) is 0.784. The fourth-order valence-corrected chi connectivity index (χ4v) is 0.971. The van der Waals surface area contributed by atoms with Gasteiger partial charge < -0.3 is 5.11 Å². The van der Waals surface area contributed by atoms with Gasteiger partial charge in [-0.15, -0.1) is 16.5 Å². The summed E-state index contributed by atoms with van der Waals surface area (Å²) in [5, 5.41) is 25.9. The Labute approximate surface area is 73.4 Å². The summed E-state index contributed by atoms with van der Waals surface area (Å²) in [5.74, 6) is 0.470. The zero-order valence-electron chi connectivity index (χ0n) is 6.58. The van der Waals surface area contributed by atoms with Crippen molar-refractivity contribution < 1.29 is 5.11 Å². The maximum atomic E-state index is 10.3. The molecule has 1 aliphatic heterocycles. The summed E-state index contributed by atoms with van der Waals surface area (Å²) >= 11 is 0. The number of benzene rings is 1. The summed E-state index contributed by atoms with van der Waals surface area (Å²) in [4.78, 5) is 0. The molecule has 0 saturated carbocycles. The molecule has 0 bridgehead atoms. The Bertz CT molecular complexity index is 452. The number of rotatable bonds is 0. The summed E-state index contributed by atoms with van der Waals surface area (Å²) < 4.78 is 0. The monoisotopic (exact) mass is 173 g/mol. The fraction of sp³-hybridized carbons (Fsp3) is 0. The second kappa shape index (κ2) is 3.14. The molecule has 5 nitrogen and oxygen atoms in total. The largest absolute Gasteiger partial charge is 0.877 e. The smallest absolute Gasteiger partial charge is 0.207 e. The van der Waals surface area contributed by atoms with Gasteiger partial charge in [-0.3, -0.25) is 0 Å². The van der Waals surface area contributed by atoms with Crippen molar-refractivity contribution in [1.82, 2.24) is 0 Å². The van der Waals surface area contributed by atoms with Crippen molar-refractivity contribution in [2.75, 3.05) is 0 Å². The van der Waals surface area contributed by atoms with Gasteiger partial charge in [-0.05, 0) is 15.7 Å². The molecule has 0 aliphatic carbocycles. The Morgan fingerprint density at radius 2 is 1.62 bits per heavy atom. The van der Waals surface area contributed by atoms with Crippen molar-refractivity contribution in [3.05, 3.63) is 34.7 Å². The lowest BCUT2D eigenvalue weighted by molar-refractivity contribution is -0.229. The van der Waals surface area contributed by atoms with Crippen LogP contribution >= 0.6 is 0 Å². The van der Waals surface area contributed by atoms with Crippen LogP contribution in [0.2, 0.25) is 0 Å². The second-order valence-corrected chi connectivity index (χ2v) is 2.44. The first-order valence-corrected chi connectivity index (χ1v) is 3.64. The first-order chi connectivity index (χ1) is 6.40. The number of nitrogens with zero attached hydrogens (tertiary/aromatic N) is 4. The average Bonchev–Trinajstić information content (AvgIpc) is 2.71. The van der Waals surface area contributed by atoms with Gasteiger partial charge in [0.2, 0.25) is 5.82 Å². The van der Waals surface area contributed by atoms with Gasteiger partial charge in [0.1, 0.15) is 0 Å². The summed E-state index contributed by atoms with van der Waals surface area (Å²) in [5.41, 5.74) is 0. The highest BCUT2D eigenvalue weighted by atomic mass is 16.2. The molecule has 0 aromatic heterocycles. The molecule has 64 valence electrons. The van der Waals surface area contributed by atoms with E-state index in [4.69, 9.17) is 0 Å². The van der Waals surface area contributed by atoms with Crippen molar-refractivity contribution in [1.29, 1.82) is 0 Å². The van der Waals surface area contributed by atoms with Crippen molar-refractivity contribution in [2.45, 2.75) is 0 Å². The van der Waals surface area contributed by atoms with Gasteiger partial charge in [-0.2, -0.15) is 0 Å². The zero-order chi connectivity index (χ0) is 9.10. The van der Waals surface area contributed by atoms with Gasteiger partial charge in [0.05, 0.1) is 0 Å². The SMILES string of the molecule is [O-]C=c1ccc(=C2N=NN=N2)cc1. The first-order valence-electron chi connectivity index (χ1n) is 3.64. The molecule has 1 aromatic rings. The molecule has 1 aliphatic rings. The Morgan fingerprint density at radius 1 is 1.00 bits per heavy atom. The van der Waals surface area contributed by atoms with Crippen LogP contribution in [0.25, 0.3) is 12.1 Å². The minimum Gasteiger partial charge on any atom is -0.877 e. The molecular weight excluding hydrogens is 168 g/mol. The third kappa shape index (κ3) is 1.44. The van der Waals surface area contributed by atoms with Crippen LogP contribution in [0.15, 0.2) is 44.9 Å². The quantitative estimate of drug-likeness (QED) is 0.530. The van der Waals surface area contributed by atoms with Crippen LogP contribution in [-0.4, -0.2) is 0 Å². The van der Waals surface area contributed by atoms with E-state index in [9.17, 15) is 5.11 Å². The summed E-state index contributed by atoms with van der Waals surface area (Å²) in [7, 11) is 0. The normalized spacial score (nSPS) is 13.7. The Hall–Kier alpha value is -2.04. The topological polar surface area (TPSA) is 72.5 Å².